The van der Waals surface area contributed by atoms with Crippen LogP contribution in [0.2, 0.25) is 10.0 Å². The van der Waals surface area contributed by atoms with Crippen molar-refractivity contribution in [3.05, 3.63) is 58.1 Å². The second-order valence-electron chi connectivity index (χ2n) is 6.76. The number of carbonyl (C=O) groups is 1. The monoisotopic (exact) mass is 474 g/mol. The Labute approximate surface area is 186 Å². The Hall–Kier alpha value is -2.00. The highest BCUT2D eigenvalue weighted by molar-refractivity contribution is 7.92. The van der Waals surface area contributed by atoms with Crippen molar-refractivity contribution in [2.75, 3.05) is 17.4 Å². The summed E-state index contributed by atoms with van der Waals surface area (Å²) in [6.45, 7) is 3.23. The van der Waals surface area contributed by atoms with E-state index in [1.807, 2.05) is 6.92 Å². The van der Waals surface area contributed by atoms with Crippen LogP contribution in [-0.2, 0) is 16.6 Å². The van der Waals surface area contributed by atoms with Crippen molar-refractivity contribution in [1.29, 1.82) is 0 Å². The topological polar surface area (TPSA) is 98.2 Å². The van der Waals surface area contributed by atoms with Gasteiger partial charge in [-0.2, -0.15) is 0 Å². The van der Waals surface area contributed by atoms with E-state index >= 15 is 0 Å². The van der Waals surface area contributed by atoms with Gasteiger partial charge < -0.3 is 15.1 Å². The number of aliphatic hydroxyl groups excluding tert-OH is 1. The van der Waals surface area contributed by atoms with Crippen LogP contribution in [0.25, 0.3) is 0 Å². The fraction of sp³-hybridized carbons (Fsp3) is 0.350. The van der Waals surface area contributed by atoms with Crippen LogP contribution >= 0.6 is 23.2 Å². The molecule has 0 aliphatic carbocycles. The molecule has 0 aliphatic heterocycles. The lowest BCUT2D eigenvalue weighted by molar-refractivity contribution is 0.143. The largest absolute Gasteiger partial charge is 0.465 e. The molecule has 0 saturated carbocycles. The van der Waals surface area contributed by atoms with Crippen molar-refractivity contribution < 1.29 is 23.4 Å². The molecule has 0 bridgehead atoms. The Bertz CT molecular complexity index is 983. The van der Waals surface area contributed by atoms with E-state index in [0.717, 1.165) is 9.21 Å². The molecule has 7 nitrogen and oxygen atoms in total. The van der Waals surface area contributed by atoms with Gasteiger partial charge in [0.15, 0.2) is 0 Å². The minimum absolute atomic E-state index is 0.0139. The third-order valence-electron chi connectivity index (χ3n) is 4.47. The Morgan fingerprint density at radius 1 is 1.10 bits per heavy atom. The summed E-state index contributed by atoms with van der Waals surface area (Å²) in [5, 5.41) is 19.9. The maximum Gasteiger partial charge on any atom is 0.407 e. The Morgan fingerprint density at radius 3 is 2.23 bits per heavy atom. The van der Waals surface area contributed by atoms with E-state index in [-0.39, 0.29) is 28.7 Å². The van der Waals surface area contributed by atoms with Crippen molar-refractivity contribution in [3.63, 3.8) is 0 Å². The van der Waals surface area contributed by atoms with Gasteiger partial charge in [-0.1, -0.05) is 36.2 Å². The van der Waals surface area contributed by atoms with Gasteiger partial charge in [0.2, 0.25) is 0 Å². The maximum atomic E-state index is 13.6. The predicted octanol–water partition coefficient (Wildman–Crippen LogP) is 4.46. The molecular formula is C20H24Cl2N2O5S. The second-order valence-corrected chi connectivity index (χ2v) is 9.45. The average Bonchev–Trinajstić information content (AvgIpc) is 2.68. The van der Waals surface area contributed by atoms with Gasteiger partial charge in [-0.15, -0.1) is 0 Å². The van der Waals surface area contributed by atoms with Gasteiger partial charge in [0.25, 0.3) is 10.0 Å². The predicted molar refractivity (Wildman–Crippen MR) is 118 cm³/mol. The van der Waals surface area contributed by atoms with Crippen LogP contribution in [0, 0.1) is 0 Å². The van der Waals surface area contributed by atoms with Crippen LogP contribution in [0.4, 0.5) is 10.5 Å². The number of nitrogens with zero attached hydrogens (tertiary/aromatic N) is 2. The summed E-state index contributed by atoms with van der Waals surface area (Å²) in [4.78, 5) is 12.8. The highest BCUT2D eigenvalue weighted by Crippen LogP contribution is 2.32. The summed E-state index contributed by atoms with van der Waals surface area (Å²) >= 11 is 12.0. The molecule has 2 N–H and O–H groups in total. The molecule has 0 spiro atoms. The molecule has 0 radical (unpaired) electrons. The normalized spacial score (nSPS) is 12.4. The van der Waals surface area contributed by atoms with E-state index in [0.29, 0.717) is 17.0 Å². The molecule has 30 heavy (non-hydrogen) atoms. The van der Waals surface area contributed by atoms with Gasteiger partial charge in [0, 0.05) is 28.7 Å². The highest BCUT2D eigenvalue weighted by atomic mass is 35.5. The number of halogens is 2. The van der Waals surface area contributed by atoms with Crippen LogP contribution in [-0.4, -0.2) is 48.8 Å². The van der Waals surface area contributed by atoms with Gasteiger partial charge in [0.1, 0.15) is 0 Å². The molecule has 10 heteroatoms. The third kappa shape index (κ3) is 5.57. The van der Waals surface area contributed by atoms with Crippen molar-refractivity contribution in [2.24, 2.45) is 0 Å². The average molecular weight is 475 g/mol. The molecule has 2 rings (SSSR count). The van der Waals surface area contributed by atoms with E-state index in [2.05, 4.69) is 0 Å². The number of hydrogen-bond donors (Lipinski definition) is 2. The van der Waals surface area contributed by atoms with E-state index in [1.54, 1.807) is 13.0 Å². The summed E-state index contributed by atoms with van der Waals surface area (Å²) in [6, 6.07) is 9.43. The van der Waals surface area contributed by atoms with E-state index < -0.39 is 28.8 Å². The first-order valence-corrected chi connectivity index (χ1v) is 11.5. The van der Waals surface area contributed by atoms with Gasteiger partial charge in [-0.25, -0.2) is 13.2 Å². The first-order valence-electron chi connectivity index (χ1n) is 9.29. The van der Waals surface area contributed by atoms with E-state index in [9.17, 15) is 23.4 Å². The fourth-order valence-electron chi connectivity index (χ4n) is 3.13. The van der Waals surface area contributed by atoms with Crippen molar-refractivity contribution in [1.82, 2.24) is 4.90 Å². The van der Waals surface area contributed by atoms with Crippen LogP contribution < -0.4 is 4.31 Å². The summed E-state index contributed by atoms with van der Waals surface area (Å²) < 4.78 is 28.2. The van der Waals surface area contributed by atoms with Crippen molar-refractivity contribution in [3.8, 4) is 0 Å². The van der Waals surface area contributed by atoms with Crippen LogP contribution in [0.15, 0.2) is 47.4 Å². The van der Waals surface area contributed by atoms with E-state index in [1.165, 1.54) is 36.4 Å². The quantitative estimate of drug-likeness (QED) is 0.558. The minimum atomic E-state index is -4.12. The molecule has 2 aromatic carbocycles. The standard InChI is InChI=1S/C20H24Cl2N2O5S/c1-3-10-23(20(26)27)12-14(2)24(19-11-17(22)5-4-15(19)13-25)30(28,29)18-8-6-16(21)7-9-18/h4-9,11,14,25H,3,10,12-13H2,1-2H3,(H,26,27). The number of benzene rings is 2. The Balaban J connectivity index is 2.62. The lowest BCUT2D eigenvalue weighted by Gasteiger charge is -2.34. The molecule has 0 saturated heterocycles. The molecule has 2 aromatic rings. The lowest BCUT2D eigenvalue weighted by atomic mass is 10.1. The molecule has 1 amide bonds. The van der Waals surface area contributed by atoms with Crippen LogP contribution in [0.3, 0.4) is 0 Å². The van der Waals surface area contributed by atoms with Gasteiger partial charge in [-0.3, -0.25) is 4.31 Å². The molecule has 1 unspecified atom stereocenters. The summed E-state index contributed by atoms with van der Waals surface area (Å²) in [5.41, 5.74) is 0.537. The van der Waals surface area contributed by atoms with Gasteiger partial charge in [0.05, 0.1) is 23.2 Å². The van der Waals surface area contributed by atoms with E-state index in [4.69, 9.17) is 23.2 Å². The van der Waals surface area contributed by atoms with Gasteiger partial charge in [-0.05, 0) is 49.7 Å². The van der Waals surface area contributed by atoms with Crippen molar-refractivity contribution >= 4 is 45.0 Å². The Kier molecular flexibility index (Phi) is 8.37. The third-order valence-corrected chi connectivity index (χ3v) is 6.90. The minimum Gasteiger partial charge on any atom is -0.465 e. The smallest absolute Gasteiger partial charge is 0.407 e. The molecule has 0 heterocycles. The highest BCUT2D eigenvalue weighted by Gasteiger charge is 2.33. The summed E-state index contributed by atoms with van der Waals surface area (Å²) in [5.74, 6) is 0. The molecule has 164 valence electrons. The number of amides is 1. The maximum absolute atomic E-state index is 13.6. The second kappa shape index (κ2) is 10.3. The number of sulfonamides is 1. The van der Waals surface area contributed by atoms with Crippen LogP contribution in [0.1, 0.15) is 25.8 Å². The summed E-state index contributed by atoms with van der Waals surface area (Å²) in [7, 11) is -4.12. The SMILES string of the molecule is CCCN(CC(C)N(c1cc(Cl)ccc1CO)S(=O)(=O)c1ccc(Cl)cc1)C(=O)O. The number of carboxylic acid groups (broad SMARTS) is 1. The molecule has 0 aliphatic rings. The lowest BCUT2D eigenvalue weighted by Crippen LogP contribution is -2.47. The van der Waals surface area contributed by atoms with Crippen molar-refractivity contribution in [2.45, 2.75) is 37.8 Å². The Morgan fingerprint density at radius 2 is 1.70 bits per heavy atom. The number of hydrogen-bond acceptors (Lipinski definition) is 4. The molecule has 1 atom stereocenters. The zero-order chi connectivity index (χ0) is 22.5. The first kappa shape index (κ1) is 24.3. The zero-order valence-electron chi connectivity index (χ0n) is 16.6. The van der Waals surface area contributed by atoms with Gasteiger partial charge >= 0.3 is 6.09 Å². The fourth-order valence-corrected chi connectivity index (χ4v) is 5.10. The zero-order valence-corrected chi connectivity index (χ0v) is 19.0. The number of aliphatic hydroxyl groups is 1. The number of anilines is 1. The molecule has 0 fully saturated rings. The number of rotatable bonds is 9. The first-order chi connectivity index (χ1) is 14.1. The summed E-state index contributed by atoms with van der Waals surface area (Å²) in [6.07, 6.45) is -0.553. The van der Waals surface area contributed by atoms with Crippen LogP contribution in [0.5, 0.6) is 0 Å². The molecule has 0 aromatic heterocycles. The molecular weight excluding hydrogens is 451 g/mol.